The van der Waals surface area contributed by atoms with Crippen LogP contribution in [0.15, 0.2) is 42.5 Å². The molecule has 0 radical (unpaired) electrons. The third-order valence-corrected chi connectivity index (χ3v) is 5.06. The van der Waals surface area contributed by atoms with E-state index in [0.717, 1.165) is 33.5 Å². The van der Waals surface area contributed by atoms with E-state index in [1.807, 2.05) is 45.0 Å². The Bertz CT molecular complexity index is 1000. The van der Waals surface area contributed by atoms with Crippen LogP contribution in [-0.4, -0.2) is 28.1 Å². The fourth-order valence-electron chi connectivity index (χ4n) is 3.52. The fourth-order valence-corrected chi connectivity index (χ4v) is 3.64. The average Bonchev–Trinajstić information content (AvgIpc) is 2.98. The average molecular weight is 383 g/mol. The van der Waals surface area contributed by atoms with Gasteiger partial charge in [0.05, 0.1) is 6.54 Å². The van der Waals surface area contributed by atoms with E-state index < -0.39 is 5.60 Å². The second-order valence-electron chi connectivity index (χ2n) is 8.00. The minimum Gasteiger partial charge on any atom is -0.444 e. The summed E-state index contributed by atoms with van der Waals surface area (Å²) >= 11 is 6.01. The summed E-state index contributed by atoms with van der Waals surface area (Å²) in [5.41, 5.74) is 5.26. The van der Waals surface area contributed by atoms with Crippen molar-refractivity contribution in [1.29, 1.82) is 0 Å². The quantitative estimate of drug-likeness (QED) is 0.579. The molecule has 4 nitrogen and oxygen atoms in total. The van der Waals surface area contributed by atoms with Crippen molar-refractivity contribution >= 4 is 28.6 Å². The van der Waals surface area contributed by atoms with Crippen molar-refractivity contribution in [3.63, 3.8) is 0 Å². The molecule has 0 atom stereocenters. The Balaban J connectivity index is 1.67. The van der Waals surface area contributed by atoms with Crippen molar-refractivity contribution in [2.75, 3.05) is 6.54 Å². The minimum atomic E-state index is -0.487. The van der Waals surface area contributed by atoms with Gasteiger partial charge in [0.15, 0.2) is 0 Å². The molecule has 2 heterocycles. The van der Waals surface area contributed by atoms with Gasteiger partial charge < -0.3 is 14.6 Å². The maximum absolute atomic E-state index is 12.5. The molecule has 0 saturated heterocycles. The maximum Gasteiger partial charge on any atom is 0.410 e. The summed E-state index contributed by atoms with van der Waals surface area (Å²) in [6.07, 6.45) is 0.552. The molecule has 0 saturated carbocycles. The highest BCUT2D eigenvalue weighted by molar-refractivity contribution is 6.30. The van der Waals surface area contributed by atoms with Gasteiger partial charge in [-0.3, -0.25) is 0 Å². The van der Waals surface area contributed by atoms with E-state index in [0.29, 0.717) is 13.1 Å². The molecule has 140 valence electrons. The zero-order valence-electron chi connectivity index (χ0n) is 15.8. The van der Waals surface area contributed by atoms with Gasteiger partial charge in [0.25, 0.3) is 0 Å². The summed E-state index contributed by atoms with van der Waals surface area (Å²) in [5.74, 6) is 0. The van der Waals surface area contributed by atoms with Crippen molar-refractivity contribution in [2.24, 2.45) is 0 Å². The number of aromatic nitrogens is 1. The van der Waals surface area contributed by atoms with Crippen LogP contribution in [0.4, 0.5) is 4.79 Å². The summed E-state index contributed by atoms with van der Waals surface area (Å²) in [6, 6.07) is 14.3. The monoisotopic (exact) mass is 382 g/mol. The molecule has 1 amide bonds. The molecule has 4 rings (SSSR count). The first-order valence-electron chi connectivity index (χ1n) is 9.17. The summed E-state index contributed by atoms with van der Waals surface area (Å²) in [5, 5.41) is 1.89. The van der Waals surface area contributed by atoms with E-state index in [-0.39, 0.29) is 6.09 Å². The van der Waals surface area contributed by atoms with Crippen LogP contribution in [0, 0.1) is 0 Å². The Morgan fingerprint density at radius 1 is 1.11 bits per heavy atom. The number of halogens is 1. The van der Waals surface area contributed by atoms with Gasteiger partial charge in [-0.2, -0.15) is 0 Å². The van der Waals surface area contributed by atoms with E-state index in [9.17, 15) is 4.79 Å². The van der Waals surface area contributed by atoms with Gasteiger partial charge in [-0.1, -0.05) is 29.8 Å². The molecule has 1 aliphatic rings. The highest BCUT2D eigenvalue weighted by atomic mass is 35.5. The van der Waals surface area contributed by atoms with Crippen LogP contribution < -0.4 is 0 Å². The van der Waals surface area contributed by atoms with Gasteiger partial charge >= 0.3 is 6.09 Å². The van der Waals surface area contributed by atoms with Crippen LogP contribution in [0.1, 0.15) is 32.0 Å². The summed E-state index contributed by atoms with van der Waals surface area (Å²) in [7, 11) is 0. The largest absolute Gasteiger partial charge is 0.444 e. The first kappa shape index (κ1) is 17.9. The number of nitrogens with zero attached hydrogens (tertiary/aromatic N) is 1. The Kier molecular flexibility index (Phi) is 4.39. The first-order valence-corrected chi connectivity index (χ1v) is 9.55. The number of fused-ring (bicyclic) bond motifs is 3. The van der Waals surface area contributed by atoms with Crippen LogP contribution in [0.2, 0.25) is 5.02 Å². The van der Waals surface area contributed by atoms with Crippen LogP contribution in [0.3, 0.4) is 0 Å². The molecule has 2 aromatic carbocycles. The Hall–Kier alpha value is -2.46. The molecule has 3 aromatic rings. The number of ether oxygens (including phenoxy) is 1. The molecule has 0 aliphatic carbocycles. The smallest absolute Gasteiger partial charge is 0.410 e. The SMILES string of the molecule is CC(C)(C)OC(=O)N1CCc2[nH]c3ccc(-c4ccc(Cl)cc4)cc3c2C1. The van der Waals surface area contributed by atoms with E-state index in [2.05, 4.69) is 23.2 Å². The lowest BCUT2D eigenvalue weighted by Crippen LogP contribution is -2.39. The molecule has 5 heteroatoms. The lowest BCUT2D eigenvalue weighted by Gasteiger charge is -2.30. The minimum absolute atomic E-state index is 0.253. The number of H-pyrrole nitrogens is 1. The van der Waals surface area contributed by atoms with Gasteiger partial charge in [-0.05, 0) is 56.2 Å². The summed E-state index contributed by atoms with van der Waals surface area (Å²) in [4.78, 5) is 17.8. The van der Waals surface area contributed by atoms with Gasteiger partial charge in [-0.15, -0.1) is 0 Å². The normalized spacial score (nSPS) is 14.3. The summed E-state index contributed by atoms with van der Waals surface area (Å²) in [6.45, 7) is 6.91. The van der Waals surface area contributed by atoms with Crippen molar-refractivity contribution in [2.45, 2.75) is 39.3 Å². The molecule has 27 heavy (non-hydrogen) atoms. The number of amides is 1. The van der Waals surface area contributed by atoms with Crippen molar-refractivity contribution in [1.82, 2.24) is 9.88 Å². The first-order chi connectivity index (χ1) is 12.8. The number of nitrogens with one attached hydrogen (secondary N) is 1. The predicted octanol–water partition coefficient (Wildman–Crippen LogP) is 5.78. The number of benzene rings is 2. The molecule has 1 N–H and O–H groups in total. The van der Waals surface area contributed by atoms with E-state index >= 15 is 0 Å². The highest BCUT2D eigenvalue weighted by Crippen LogP contribution is 2.32. The molecule has 0 bridgehead atoms. The van der Waals surface area contributed by atoms with Gasteiger partial charge in [-0.25, -0.2) is 4.79 Å². The van der Waals surface area contributed by atoms with Crippen LogP contribution in [0.25, 0.3) is 22.0 Å². The van der Waals surface area contributed by atoms with E-state index in [1.165, 1.54) is 11.3 Å². The number of rotatable bonds is 1. The third-order valence-electron chi connectivity index (χ3n) is 4.80. The van der Waals surface area contributed by atoms with Gasteiger partial charge in [0.2, 0.25) is 0 Å². The van der Waals surface area contributed by atoms with Crippen LogP contribution in [-0.2, 0) is 17.7 Å². The Morgan fingerprint density at radius 3 is 2.52 bits per heavy atom. The number of hydrogen-bond acceptors (Lipinski definition) is 2. The molecule has 0 spiro atoms. The van der Waals surface area contributed by atoms with Crippen LogP contribution in [0.5, 0.6) is 0 Å². The molecular weight excluding hydrogens is 360 g/mol. The second-order valence-corrected chi connectivity index (χ2v) is 8.44. The second kappa shape index (κ2) is 6.61. The number of carbonyl (C=O) groups excluding carboxylic acids is 1. The molecule has 0 unspecified atom stereocenters. The van der Waals surface area contributed by atoms with Crippen molar-refractivity contribution in [3.05, 3.63) is 58.7 Å². The Labute approximate surface area is 164 Å². The zero-order chi connectivity index (χ0) is 19.2. The van der Waals surface area contributed by atoms with Gasteiger partial charge in [0.1, 0.15) is 5.60 Å². The lowest BCUT2D eigenvalue weighted by atomic mass is 10.00. The molecular formula is C22H23ClN2O2. The summed E-state index contributed by atoms with van der Waals surface area (Å²) < 4.78 is 5.55. The molecule has 1 aromatic heterocycles. The van der Waals surface area contributed by atoms with Crippen molar-refractivity contribution < 1.29 is 9.53 Å². The van der Waals surface area contributed by atoms with Gasteiger partial charge in [0, 0.05) is 40.1 Å². The number of aromatic amines is 1. The Morgan fingerprint density at radius 2 is 1.81 bits per heavy atom. The van der Waals surface area contributed by atoms with Crippen LogP contribution >= 0.6 is 11.6 Å². The molecule has 0 fully saturated rings. The van der Waals surface area contributed by atoms with E-state index in [4.69, 9.17) is 16.3 Å². The van der Waals surface area contributed by atoms with Crippen molar-refractivity contribution in [3.8, 4) is 11.1 Å². The standard InChI is InChI=1S/C22H23ClN2O2/c1-22(2,3)27-21(26)25-11-10-20-18(13-25)17-12-15(6-9-19(17)24-20)14-4-7-16(23)8-5-14/h4-9,12,24H,10-11,13H2,1-3H3. The fraction of sp³-hybridized carbons (Fsp3) is 0.318. The number of hydrogen-bond donors (Lipinski definition) is 1. The highest BCUT2D eigenvalue weighted by Gasteiger charge is 2.27. The predicted molar refractivity (Wildman–Crippen MR) is 109 cm³/mol. The number of carbonyl (C=O) groups is 1. The third kappa shape index (κ3) is 3.67. The molecule has 1 aliphatic heterocycles. The lowest BCUT2D eigenvalue weighted by molar-refractivity contribution is 0.0224. The zero-order valence-corrected chi connectivity index (χ0v) is 16.6. The van der Waals surface area contributed by atoms with E-state index in [1.54, 1.807) is 4.90 Å². The maximum atomic E-state index is 12.5. The topological polar surface area (TPSA) is 45.3 Å².